The maximum atomic E-state index is 8.57. The van der Waals surface area contributed by atoms with Crippen LogP contribution in [-0.4, -0.2) is 11.7 Å². The zero-order valence-corrected chi connectivity index (χ0v) is 9.68. The summed E-state index contributed by atoms with van der Waals surface area (Å²) in [6.07, 6.45) is 8.28. The molecule has 0 rings (SSSR count). The summed E-state index contributed by atoms with van der Waals surface area (Å²) >= 11 is 0. The van der Waals surface area contributed by atoms with Crippen LogP contribution < -0.4 is 0 Å². The van der Waals surface area contributed by atoms with Crippen molar-refractivity contribution in [2.75, 3.05) is 6.61 Å². The van der Waals surface area contributed by atoms with E-state index in [0.717, 1.165) is 12.8 Å². The van der Waals surface area contributed by atoms with E-state index in [1.54, 1.807) is 0 Å². The molecule has 0 aliphatic rings. The van der Waals surface area contributed by atoms with E-state index in [0.29, 0.717) is 12.5 Å². The number of aliphatic hydroxyl groups is 1. The zero-order valence-electron chi connectivity index (χ0n) is 9.68. The van der Waals surface area contributed by atoms with Gasteiger partial charge in [0, 0.05) is 18.9 Å². The van der Waals surface area contributed by atoms with Crippen LogP contribution in [0.3, 0.4) is 0 Å². The molecule has 0 aromatic heterocycles. The number of aliphatic hydroxyl groups excluding tert-OH is 1. The highest BCUT2D eigenvalue weighted by molar-refractivity contribution is 5.00. The van der Waals surface area contributed by atoms with E-state index in [-0.39, 0.29) is 0 Å². The lowest BCUT2D eigenvalue weighted by molar-refractivity contribution is 0.282. The van der Waals surface area contributed by atoms with Crippen LogP contribution >= 0.6 is 0 Å². The lowest BCUT2D eigenvalue weighted by Gasteiger charge is -1.97. The van der Waals surface area contributed by atoms with Crippen LogP contribution in [0.15, 0.2) is 0 Å². The van der Waals surface area contributed by atoms with Crippen molar-refractivity contribution < 1.29 is 5.11 Å². The largest absolute Gasteiger partial charge is 0.396 e. The Kier molecular flexibility index (Phi) is 10.2. The van der Waals surface area contributed by atoms with E-state index in [2.05, 4.69) is 25.7 Å². The fraction of sp³-hybridized carbons (Fsp3) is 0.846. The van der Waals surface area contributed by atoms with Gasteiger partial charge in [0.15, 0.2) is 0 Å². The van der Waals surface area contributed by atoms with Gasteiger partial charge in [-0.25, -0.2) is 0 Å². The van der Waals surface area contributed by atoms with Crippen LogP contribution in [0.25, 0.3) is 0 Å². The fourth-order valence-corrected chi connectivity index (χ4v) is 1.31. The Morgan fingerprint density at radius 2 is 1.50 bits per heavy atom. The molecular weight excluding hydrogens is 172 g/mol. The molecule has 0 aromatic carbocycles. The van der Waals surface area contributed by atoms with Crippen molar-refractivity contribution in [3.8, 4) is 11.8 Å². The summed E-state index contributed by atoms with van der Waals surface area (Å²) in [5.74, 6) is 6.88. The summed E-state index contributed by atoms with van der Waals surface area (Å²) in [7, 11) is 0. The van der Waals surface area contributed by atoms with Crippen molar-refractivity contribution in [2.45, 2.75) is 58.8 Å². The molecule has 0 unspecified atom stereocenters. The van der Waals surface area contributed by atoms with Gasteiger partial charge in [0.1, 0.15) is 0 Å². The minimum atomic E-state index is 0.347. The second kappa shape index (κ2) is 10.6. The first-order valence-corrected chi connectivity index (χ1v) is 5.86. The van der Waals surface area contributed by atoms with Gasteiger partial charge in [0.05, 0.1) is 0 Å². The molecule has 0 fully saturated rings. The Hall–Kier alpha value is -0.480. The normalized spacial score (nSPS) is 10.0. The van der Waals surface area contributed by atoms with Gasteiger partial charge >= 0.3 is 0 Å². The number of rotatable bonds is 7. The molecule has 0 spiro atoms. The van der Waals surface area contributed by atoms with Crippen LogP contribution in [-0.2, 0) is 0 Å². The third kappa shape index (κ3) is 11.5. The second-order valence-corrected chi connectivity index (χ2v) is 4.07. The van der Waals surface area contributed by atoms with Gasteiger partial charge < -0.3 is 5.11 Å². The Labute approximate surface area is 88.9 Å². The summed E-state index contributed by atoms with van der Waals surface area (Å²) in [6.45, 7) is 4.60. The van der Waals surface area contributed by atoms with Gasteiger partial charge in [-0.3, -0.25) is 0 Å². The molecule has 0 saturated heterocycles. The van der Waals surface area contributed by atoms with Crippen LogP contribution in [0.5, 0.6) is 0 Å². The predicted molar refractivity (Wildman–Crippen MR) is 62.0 cm³/mol. The zero-order chi connectivity index (χ0) is 10.6. The first-order chi connectivity index (χ1) is 6.77. The van der Waals surface area contributed by atoms with Gasteiger partial charge in [-0.15, -0.1) is 11.8 Å². The summed E-state index contributed by atoms with van der Waals surface area (Å²) in [6, 6.07) is 0. The van der Waals surface area contributed by atoms with E-state index in [1.807, 2.05) is 0 Å². The minimum absolute atomic E-state index is 0.347. The molecule has 82 valence electrons. The fourth-order valence-electron chi connectivity index (χ4n) is 1.31. The van der Waals surface area contributed by atoms with E-state index >= 15 is 0 Å². The maximum absolute atomic E-state index is 8.57. The average molecular weight is 196 g/mol. The van der Waals surface area contributed by atoms with Crippen LogP contribution in [0.4, 0.5) is 0 Å². The van der Waals surface area contributed by atoms with Crippen LogP contribution in [0, 0.1) is 17.8 Å². The summed E-state index contributed by atoms with van der Waals surface area (Å²) < 4.78 is 0. The van der Waals surface area contributed by atoms with Gasteiger partial charge in [0.2, 0.25) is 0 Å². The monoisotopic (exact) mass is 196 g/mol. The smallest absolute Gasteiger partial charge is 0.0431 e. The molecule has 0 amide bonds. The van der Waals surface area contributed by atoms with Gasteiger partial charge in [-0.2, -0.15) is 0 Å². The van der Waals surface area contributed by atoms with Crippen LogP contribution in [0.1, 0.15) is 58.8 Å². The van der Waals surface area contributed by atoms with E-state index in [9.17, 15) is 0 Å². The number of hydrogen-bond donors (Lipinski definition) is 1. The SMILES string of the molecule is CC(C)C#CCCCCCCCCO. The molecule has 0 bridgehead atoms. The minimum Gasteiger partial charge on any atom is -0.396 e. The lowest BCUT2D eigenvalue weighted by Crippen LogP contribution is -1.84. The third-order valence-electron chi connectivity index (χ3n) is 2.10. The molecule has 1 nitrogen and oxygen atoms in total. The van der Waals surface area contributed by atoms with Crippen molar-refractivity contribution in [3.05, 3.63) is 0 Å². The molecule has 1 N–H and O–H groups in total. The quantitative estimate of drug-likeness (QED) is 0.489. The van der Waals surface area contributed by atoms with Crippen molar-refractivity contribution >= 4 is 0 Å². The molecular formula is C13H24O. The maximum Gasteiger partial charge on any atom is 0.0431 e. The topological polar surface area (TPSA) is 20.2 Å². The molecule has 0 aromatic rings. The molecule has 0 aliphatic carbocycles. The number of unbranched alkanes of at least 4 members (excludes halogenated alkanes) is 6. The van der Waals surface area contributed by atoms with Gasteiger partial charge in [0.25, 0.3) is 0 Å². The van der Waals surface area contributed by atoms with E-state index in [4.69, 9.17) is 5.11 Å². The molecule has 0 radical (unpaired) electrons. The van der Waals surface area contributed by atoms with E-state index in [1.165, 1.54) is 32.1 Å². The molecule has 0 saturated carbocycles. The standard InChI is InChI=1S/C13H24O/c1-13(2)11-9-7-5-3-4-6-8-10-12-14/h13-14H,3-8,10,12H2,1-2H3. The third-order valence-corrected chi connectivity index (χ3v) is 2.10. The highest BCUT2D eigenvalue weighted by Crippen LogP contribution is 2.06. The van der Waals surface area contributed by atoms with E-state index < -0.39 is 0 Å². The lowest BCUT2D eigenvalue weighted by atomic mass is 10.1. The van der Waals surface area contributed by atoms with Crippen LogP contribution in [0.2, 0.25) is 0 Å². The van der Waals surface area contributed by atoms with Gasteiger partial charge in [-0.1, -0.05) is 39.5 Å². The first-order valence-electron chi connectivity index (χ1n) is 5.86. The summed E-state index contributed by atoms with van der Waals surface area (Å²) in [5, 5.41) is 8.57. The van der Waals surface area contributed by atoms with Crippen molar-refractivity contribution in [2.24, 2.45) is 5.92 Å². The number of hydrogen-bond acceptors (Lipinski definition) is 1. The first kappa shape index (κ1) is 13.5. The summed E-state index contributed by atoms with van der Waals surface area (Å²) in [4.78, 5) is 0. The summed E-state index contributed by atoms with van der Waals surface area (Å²) in [5.41, 5.74) is 0. The van der Waals surface area contributed by atoms with Crippen molar-refractivity contribution in [1.82, 2.24) is 0 Å². The Balaban J connectivity index is 3.04. The Bertz CT molecular complexity index is 162. The Morgan fingerprint density at radius 1 is 0.929 bits per heavy atom. The van der Waals surface area contributed by atoms with Crippen molar-refractivity contribution in [3.63, 3.8) is 0 Å². The average Bonchev–Trinajstić information content (AvgIpc) is 2.15. The molecule has 0 aliphatic heterocycles. The molecule has 0 atom stereocenters. The van der Waals surface area contributed by atoms with Gasteiger partial charge in [-0.05, 0) is 12.8 Å². The molecule has 14 heavy (non-hydrogen) atoms. The predicted octanol–water partition coefficient (Wildman–Crippen LogP) is 3.37. The highest BCUT2D eigenvalue weighted by Gasteiger charge is 1.89. The second-order valence-electron chi connectivity index (χ2n) is 4.07. The molecule has 0 heterocycles. The molecule has 1 heteroatoms. The van der Waals surface area contributed by atoms with Crippen molar-refractivity contribution in [1.29, 1.82) is 0 Å². The Morgan fingerprint density at radius 3 is 2.07 bits per heavy atom. The highest BCUT2D eigenvalue weighted by atomic mass is 16.2.